The quantitative estimate of drug-likeness (QED) is 0.525. The van der Waals surface area contributed by atoms with Crippen molar-refractivity contribution in [3.8, 4) is 21.8 Å². The van der Waals surface area contributed by atoms with Gasteiger partial charge in [0.2, 0.25) is 6.08 Å². The van der Waals surface area contributed by atoms with E-state index in [0.717, 1.165) is 21.8 Å². The highest BCUT2D eigenvalue weighted by molar-refractivity contribution is 7.13. The number of aliphatic imine (C=N–C) groups is 1. The second kappa shape index (κ2) is 5.61. The van der Waals surface area contributed by atoms with Crippen LogP contribution in [0.15, 0.2) is 65.0 Å². The van der Waals surface area contributed by atoms with Crippen LogP contribution in [0.2, 0.25) is 0 Å². The van der Waals surface area contributed by atoms with E-state index in [2.05, 4.69) is 9.98 Å². The number of aromatic nitrogens is 1. The average molecular weight is 278 g/mol. The van der Waals surface area contributed by atoms with Gasteiger partial charge in [0.25, 0.3) is 0 Å². The lowest BCUT2D eigenvalue weighted by molar-refractivity contribution is 0.565. The Labute approximate surface area is 120 Å². The summed E-state index contributed by atoms with van der Waals surface area (Å²) in [5.74, 6) is 0. The van der Waals surface area contributed by atoms with Crippen molar-refractivity contribution in [2.75, 3.05) is 0 Å². The highest BCUT2D eigenvalue weighted by atomic mass is 32.1. The Morgan fingerprint density at radius 2 is 1.80 bits per heavy atom. The molecule has 4 heteroatoms. The summed E-state index contributed by atoms with van der Waals surface area (Å²) >= 11 is 1.57. The molecular weight excluding hydrogens is 268 g/mol. The molecule has 3 aromatic rings. The first-order valence-electron chi connectivity index (χ1n) is 6.06. The van der Waals surface area contributed by atoms with E-state index in [9.17, 15) is 4.79 Å². The van der Waals surface area contributed by atoms with E-state index in [1.54, 1.807) is 23.5 Å². The number of benzene rings is 2. The van der Waals surface area contributed by atoms with Gasteiger partial charge in [0.05, 0.1) is 11.4 Å². The number of nitrogens with zero attached hydrogens (tertiary/aromatic N) is 2. The molecule has 0 radical (unpaired) electrons. The van der Waals surface area contributed by atoms with E-state index in [1.807, 2.05) is 53.9 Å². The summed E-state index contributed by atoms with van der Waals surface area (Å²) in [6.45, 7) is 0. The molecule has 3 nitrogen and oxygen atoms in total. The number of hydrogen-bond acceptors (Lipinski definition) is 4. The fourth-order valence-corrected chi connectivity index (χ4v) is 2.74. The number of isocyanates is 1. The van der Waals surface area contributed by atoms with Crippen LogP contribution in [0.4, 0.5) is 5.69 Å². The number of carbonyl (C=O) groups excluding carboxylic acids is 1. The van der Waals surface area contributed by atoms with Gasteiger partial charge in [0, 0.05) is 16.5 Å². The summed E-state index contributed by atoms with van der Waals surface area (Å²) in [7, 11) is 0. The molecule has 0 saturated carbocycles. The van der Waals surface area contributed by atoms with Crippen LogP contribution >= 0.6 is 11.3 Å². The lowest BCUT2D eigenvalue weighted by Crippen LogP contribution is -1.79. The summed E-state index contributed by atoms with van der Waals surface area (Å²) in [5.41, 5.74) is 3.59. The molecule has 0 aliphatic heterocycles. The van der Waals surface area contributed by atoms with Gasteiger partial charge in [-0.1, -0.05) is 42.5 Å². The molecule has 96 valence electrons. The molecule has 20 heavy (non-hydrogen) atoms. The second-order valence-electron chi connectivity index (χ2n) is 4.16. The minimum atomic E-state index is 0.592. The van der Waals surface area contributed by atoms with E-state index in [4.69, 9.17) is 0 Å². The Hall–Kier alpha value is -2.55. The maximum Gasteiger partial charge on any atom is 0.240 e. The van der Waals surface area contributed by atoms with Gasteiger partial charge in [-0.3, -0.25) is 0 Å². The standard InChI is InChI=1S/C16H10N2OS/c19-11-17-14-8-4-7-13(9-14)16-18-15(10-20-16)12-5-2-1-3-6-12/h1-10H. The van der Waals surface area contributed by atoms with Crippen molar-refractivity contribution in [1.29, 1.82) is 0 Å². The Bertz CT molecular complexity index is 774. The second-order valence-corrected chi connectivity index (χ2v) is 5.02. The summed E-state index contributed by atoms with van der Waals surface area (Å²) in [4.78, 5) is 18.6. The molecular formula is C16H10N2OS. The third-order valence-corrected chi connectivity index (χ3v) is 3.73. The number of thiazole rings is 1. The van der Waals surface area contributed by atoms with Gasteiger partial charge in [-0.2, -0.15) is 4.99 Å². The molecule has 0 N–H and O–H groups in total. The summed E-state index contributed by atoms with van der Waals surface area (Å²) in [6, 6.07) is 17.4. The first kappa shape index (κ1) is 12.5. The molecule has 3 rings (SSSR count). The highest BCUT2D eigenvalue weighted by Gasteiger charge is 2.06. The van der Waals surface area contributed by atoms with E-state index in [-0.39, 0.29) is 0 Å². The Morgan fingerprint density at radius 1 is 1.00 bits per heavy atom. The Morgan fingerprint density at radius 3 is 2.60 bits per heavy atom. The van der Waals surface area contributed by atoms with Gasteiger partial charge in [-0.25, -0.2) is 9.78 Å². The number of rotatable bonds is 3. The molecule has 0 spiro atoms. The zero-order chi connectivity index (χ0) is 13.8. The molecule has 1 aromatic heterocycles. The zero-order valence-corrected chi connectivity index (χ0v) is 11.3. The van der Waals surface area contributed by atoms with E-state index >= 15 is 0 Å². The molecule has 1 heterocycles. The van der Waals surface area contributed by atoms with Gasteiger partial charge in [-0.05, 0) is 12.1 Å². The van der Waals surface area contributed by atoms with Gasteiger partial charge >= 0.3 is 0 Å². The smallest absolute Gasteiger partial charge is 0.236 e. The van der Waals surface area contributed by atoms with E-state index in [1.165, 1.54) is 0 Å². The molecule has 0 aliphatic rings. The predicted molar refractivity (Wildman–Crippen MR) is 80.8 cm³/mol. The minimum absolute atomic E-state index is 0.592. The van der Waals surface area contributed by atoms with Crippen molar-refractivity contribution in [2.24, 2.45) is 4.99 Å². The average Bonchev–Trinajstić information content (AvgIpc) is 2.99. The van der Waals surface area contributed by atoms with Crippen molar-refractivity contribution < 1.29 is 4.79 Å². The fourth-order valence-electron chi connectivity index (χ4n) is 1.91. The van der Waals surface area contributed by atoms with Crippen molar-refractivity contribution in [3.63, 3.8) is 0 Å². The van der Waals surface area contributed by atoms with Crippen LogP contribution in [0.25, 0.3) is 21.8 Å². The summed E-state index contributed by atoms with van der Waals surface area (Å²) in [5, 5.41) is 2.94. The van der Waals surface area contributed by atoms with Crippen molar-refractivity contribution in [2.45, 2.75) is 0 Å². The van der Waals surface area contributed by atoms with Crippen molar-refractivity contribution >= 4 is 23.1 Å². The minimum Gasteiger partial charge on any atom is -0.236 e. The van der Waals surface area contributed by atoms with E-state index < -0.39 is 0 Å². The van der Waals surface area contributed by atoms with Gasteiger partial charge < -0.3 is 0 Å². The molecule has 0 unspecified atom stereocenters. The SMILES string of the molecule is O=C=Nc1cccc(-c2nc(-c3ccccc3)cs2)c1. The predicted octanol–water partition coefficient (Wildman–Crippen LogP) is 4.44. The molecule has 0 aliphatic carbocycles. The summed E-state index contributed by atoms with van der Waals surface area (Å²) in [6.07, 6.45) is 1.55. The zero-order valence-electron chi connectivity index (χ0n) is 10.5. The van der Waals surface area contributed by atoms with Crippen LogP contribution < -0.4 is 0 Å². The Balaban J connectivity index is 1.98. The van der Waals surface area contributed by atoms with Crippen LogP contribution in [-0.2, 0) is 4.79 Å². The van der Waals surface area contributed by atoms with Crippen LogP contribution in [0.3, 0.4) is 0 Å². The largest absolute Gasteiger partial charge is 0.240 e. The van der Waals surface area contributed by atoms with Crippen LogP contribution in [0.1, 0.15) is 0 Å². The fraction of sp³-hybridized carbons (Fsp3) is 0. The van der Waals surface area contributed by atoms with Crippen molar-refractivity contribution in [3.05, 3.63) is 60.0 Å². The van der Waals surface area contributed by atoms with Gasteiger partial charge in [0.1, 0.15) is 5.01 Å². The molecule has 0 amide bonds. The van der Waals surface area contributed by atoms with E-state index in [0.29, 0.717) is 5.69 Å². The van der Waals surface area contributed by atoms with Crippen LogP contribution in [0, 0.1) is 0 Å². The molecule has 2 aromatic carbocycles. The van der Waals surface area contributed by atoms with Gasteiger partial charge in [-0.15, -0.1) is 11.3 Å². The Kier molecular flexibility index (Phi) is 3.50. The molecule has 0 saturated heterocycles. The molecule has 0 bridgehead atoms. The normalized spacial score (nSPS) is 10.0. The maximum atomic E-state index is 10.3. The third-order valence-electron chi connectivity index (χ3n) is 2.84. The highest BCUT2D eigenvalue weighted by Crippen LogP contribution is 2.30. The monoisotopic (exact) mass is 278 g/mol. The van der Waals surface area contributed by atoms with Crippen molar-refractivity contribution in [1.82, 2.24) is 4.98 Å². The van der Waals surface area contributed by atoms with Crippen LogP contribution in [0.5, 0.6) is 0 Å². The lowest BCUT2D eigenvalue weighted by Gasteiger charge is -1.97. The lowest BCUT2D eigenvalue weighted by atomic mass is 10.2. The topological polar surface area (TPSA) is 42.3 Å². The third kappa shape index (κ3) is 2.57. The van der Waals surface area contributed by atoms with Crippen LogP contribution in [-0.4, -0.2) is 11.1 Å². The maximum absolute atomic E-state index is 10.3. The molecule has 0 fully saturated rings. The molecule has 0 atom stereocenters. The summed E-state index contributed by atoms with van der Waals surface area (Å²) < 4.78 is 0. The number of hydrogen-bond donors (Lipinski definition) is 0. The first-order chi connectivity index (χ1) is 9.86. The van der Waals surface area contributed by atoms with Gasteiger partial charge in [0.15, 0.2) is 0 Å². The first-order valence-corrected chi connectivity index (χ1v) is 6.94.